The van der Waals surface area contributed by atoms with E-state index in [1.54, 1.807) is 23.5 Å². The second-order valence-corrected chi connectivity index (χ2v) is 6.66. The molecule has 0 aliphatic heterocycles. The van der Waals surface area contributed by atoms with Crippen LogP contribution in [0.2, 0.25) is 0 Å². The fourth-order valence-electron chi connectivity index (χ4n) is 2.51. The van der Waals surface area contributed by atoms with Crippen LogP contribution in [0.4, 0.5) is 0 Å². The molecule has 25 heavy (non-hydrogen) atoms. The summed E-state index contributed by atoms with van der Waals surface area (Å²) in [4.78, 5) is 16.6. The highest BCUT2D eigenvalue weighted by molar-refractivity contribution is 7.13. The van der Waals surface area contributed by atoms with Gasteiger partial charge in [-0.25, -0.2) is 4.98 Å². The molecule has 1 heterocycles. The molecule has 0 aliphatic carbocycles. The number of phenolic OH excluding ortho intramolecular Hbond substituents is 1. The highest BCUT2D eigenvalue weighted by atomic mass is 32.1. The highest BCUT2D eigenvalue weighted by Gasteiger charge is 2.08. The number of benzene rings is 2. The molecule has 1 aromatic heterocycles. The summed E-state index contributed by atoms with van der Waals surface area (Å²) in [5.41, 5.74) is 3.03. The highest BCUT2D eigenvalue weighted by Crippen LogP contribution is 2.23. The quantitative estimate of drug-likeness (QED) is 0.636. The van der Waals surface area contributed by atoms with Crippen LogP contribution in [0.5, 0.6) is 5.75 Å². The third-order valence-electron chi connectivity index (χ3n) is 3.81. The molecule has 0 bridgehead atoms. The first-order valence-corrected chi connectivity index (χ1v) is 9.13. The molecule has 0 atom stereocenters. The van der Waals surface area contributed by atoms with Crippen LogP contribution in [0.3, 0.4) is 0 Å². The number of aryl methyl sites for hydroxylation is 1. The van der Waals surface area contributed by atoms with Gasteiger partial charge in [0.15, 0.2) is 0 Å². The largest absolute Gasteiger partial charge is 0.508 e. The number of nitrogens with zero attached hydrogens (tertiary/aromatic N) is 1. The summed E-state index contributed by atoms with van der Waals surface area (Å²) < 4.78 is 0. The Bertz CT molecular complexity index is 813. The molecule has 1 amide bonds. The minimum atomic E-state index is -0.00406. The Labute approximate surface area is 151 Å². The molecule has 3 aromatic rings. The molecule has 0 fully saturated rings. The average Bonchev–Trinajstić information content (AvgIpc) is 3.09. The second kappa shape index (κ2) is 8.44. The maximum Gasteiger partial charge on any atom is 0.226 e. The summed E-state index contributed by atoms with van der Waals surface area (Å²) in [6.45, 7) is 0.634. The molecular weight excluding hydrogens is 332 g/mol. The first kappa shape index (κ1) is 17.2. The zero-order valence-corrected chi connectivity index (χ0v) is 14.6. The van der Waals surface area contributed by atoms with E-state index >= 15 is 0 Å². The second-order valence-electron chi connectivity index (χ2n) is 5.81. The molecule has 2 aromatic carbocycles. The zero-order chi connectivity index (χ0) is 17.5. The molecule has 0 saturated carbocycles. The Balaban J connectivity index is 1.42. The number of rotatable bonds is 7. The molecule has 0 unspecified atom stereocenters. The van der Waals surface area contributed by atoms with Crippen molar-refractivity contribution >= 4 is 17.2 Å². The van der Waals surface area contributed by atoms with Gasteiger partial charge in [0, 0.05) is 17.5 Å². The lowest BCUT2D eigenvalue weighted by Gasteiger charge is -2.04. The molecule has 128 valence electrons. The van der Waals surface area contributed by atoms with Crippen molar-refractivity contribution in [2.24, 2.45) is 0 Å². The third-order valence-corrected chi connectivity index (χ3v) is 4.76. The molecule has 0 spiro atoms. The van der Waals surface area contributed by atoms with E-state index in [0.29, 0.717) is 13.0 Å². The number of carbonyl (C=O) groups is 1. The monoisotopic (exact) mass is 352 g/mol. The van der Waals surface area contributed by atoms with Gasteiger partial charge >= 0.3 is 0 Å². The number of hydrogen-bond acceptors (Lipinski definition) is 4. The molecule has 4 nitrogen and oxygen atoms in total. The number of hydrogen-bond donors (Lipinski definition) is 2. The van der Waals surface area contributed by atoms with Crippen molar-refractivity contribution < 1.29 is 9.90 Å². The Morgan fingerprint density at radius 1 is 1.08 bits per heavy atom. The van der Waals surface area contributed by atoms with Crippen molar-refractivity contribution in [1.29, 1.82) is 0 Å². The number of nitrogens with one attached hydrogen (secondary N) is 1. The zero-order valence-electron chi connectivity index (χ0n) is 13.8. The number of thiazole rings is 1. The van der Waals surface area contributed by atoms with Gasteiger partial charge in [0.25, 0.3) is 0 Å². The fourth-order valence-corrected chi connectivity index (χ4v) is 3.34. The van der Waals surface area contributed by atoms with E-state index in [-0.39, 0.29) is 11.7 Å². The van der Waals surface area contributed by atoms with E-state index < -0.39 is 0 Å². The van der Waals surface area contributed by atoms with E-state index in [1.165, 1.54) is 0 Å². The van der Waals surface area contributed by atoms with Gasteiger partial charge < -0.3 is 10.4 Å². The Morgan fingerprint density at radius 2 is 1.84 bits per heavy atom. The van der Waals surface area contributed by atoms with Crippen molar-refractivity contribution in [3.8, 4) is 16.3 Å². The lowest BCUT2D eigenvalue weighted by atomic mass is 10.1. The predicted molar refractivity (Wildman–Crippen MR) is 101 cm³/mol. The summed E-state index contributed by atoms with van der Waals surface area (Å²) >= 11 is 1.56. The first-order chi connectivity index (χ1) is 12.2. The topological polar surface area (TPSA) is 62.2 Å². The van der Waals surface area contributed by atoms with Gasteiger partial charge in [-0.3, -0.25) is 4.79 Å². The summed E-state index contributed by atoms with van der Waals surface area (Å²) in [6.07, 6.45) is 2.04. The SMILES string of the molecule is O=C(Cc1csc(-c2ccccc2)n1)NCCCc1ccc(O)cc1. The molecule has 0 radical (unpaired) electrons. The van der Waals surface area contributed by atoms with Crippen molar-refractivity contribution in [2.45, 2.75) is 19.3 Å². The molecular formula is C20H20N2O2S. The van der Waals surface area contributed by atoms with Crippen molar-refractivity contribution in [3.63, 3.8) is 0 Å². The van der Waals surface area contributed by atoms with Gasteiger partial charge in [0.1, 0.15) is 10.8 Å². The van der Waals surface area contributed by atoms with Crippen LogP contribution >= 0.6 is 11.3 Å². The predicted octanol–water partition coefficient (Wildman–Crippen LogP) is 3.81. The van der Waals surface area contributed by atoms with E-state index in [9.17, 15) is 9.90 Å². The molecule has 0 aliphatic rings. The van der Waals surface area contributed by atoms with Crippen LogP contribution in [0.1, 0.15) is 17.7 Å². The molecule has 0 saturated heterocycles. The van der Waals surface area contributed by atoms with Gasteiger partial charge in [0.05, 0.1) is 12.1 Å². The molecule has 3 rings (SSSR count). The smallest absolute Gasteiger partial charge is 0.226 e. The summed E-state index contributed by atoms with van der Waals surface area (Å²) in [5, 5.41) is 15.1. The number of aromatic hydroxyl groups is 1. The normalized spacial score (nSPS) is 10.6. The summed E-state index contributed by atoms with van der Waals surface area (Å²) in [5.74, 6) is 0.269. The van der Waals surface area contributed by atoms with E-state index in [4.69, 9.17) is 0 Å². The minimum Gasteiger partial charge on any atom is -0.508 e. The van der Waals surface area contributed by atoms with Crippen LogP contribution in [-0.4, -0.2) is 22.5 Å². The molecule has 5 heteroatoms. The van der Waals surface area contributed by atoms with Crippen LogP contribution in [0, 0.1) is 0 Å². The maximum absolute atomic E-state index is 12.0. The number of phenols is 1. The lowest BCUT2D eigenvalue weighted by Crippen LogP contribution is -2.26. The Kier molecular flexibility index (Phi) is 5.80. The van der Waals surface area contributed by atoms with Crippen LogP contribution < -0.4 is 5.32 Å². The number of amides is 1. The van der Waals surface area contributed by atoms with E-state index in [0.717, 1.165) is 34.7 Å². The maximum atomic E-state index is 12.0. The van der Waals surface area contributed by atoms with Gasteiger partial charge in [-0.05, 0) is 30.5 Å². The van der Waals surface area contributed by atoms with E-state index in [2.05, 4.69) is 10.3 Å². The van der Waals surface area contributed by atoms with Gasteiger partial charge in [0.2, 0.25) is 5.91 Å². The lowest BCUT2D eigenvalue weighted by molar-refractivity contribution is -0.120. The Hall–Kier alpha value is -2.66. The summed E-state index contributed by atoms with van der Waals surface area (Å²) in [7, 11) is 0. The molecule has 2 N–H and O–H groups in total. The van der Waals surface area contributed by atoms with Crippen molar-refractivity contribution in [3.05, 3.63) is 71.2 Å². The van der Waals surface area contributed by atoms with Gasteiger partial charge in [-0.2, -0.15) is 0 Å². The van der Waals surface area contributed by atoms with Crippen LogP contribution in [-0.2, 0) is 17.6 Å². The summed E-state index contributed by atoms with van der Waals surface area (Å²) in [6, 6.07) is 17.1. The standard InChI is InChI=1S/C20H20N2O2S/c23-18-10-8-15(9-11-18)5-4-12-21-19(24)13-17-14-25-20(22-17)16-6-2-1-3-7-16/h1-3,6-11,14,23H,4-5,12-13H2,(H,21,24). The number of carbonyl (C=O) groups excluding carboxylic acids is 1. The third kappa shape index (κ3) is 5.16. The van der Waals surface area contributed by atoms with Gasteiger partial charge in [-0.1, -0.05) is 42.5 Å². The van der Waals surface area contributed by atoms with Crippen LogP contribution in [0.15, 0.2) is 60.0 Å². The van der Waals surface area contributed by atoms with Gasteiger partial charge in [-0.15, -0.1) is 11.3 Å². The Morgan fingerprint density at radius 3 is 2.60 bits per heavy atom. The fraction of sp³-hybridized carbons (Fsp3) is 0.200. The number of aromatic nitrogens is 1. The minimum absolute atomic E-state index is 0.00406. The van der Waals surface area contributed by atoms with Crippen molar-refractivity contribution in [2.75, 3.05) is 6.54 Å². The van der Waals surface area contributed by atoms with Crippen LogP contribution in [0.25, 0.3) is 10.6 Å². The van der Waals surface area contributed by atoms with E-state index in [1.807, 2.05) is 47.8 Å². The first-order valence-electron chi connectivity index (χ1n) is 8.25. The van der Waals surface area contributed by atoms with Crippen molar-refractivity contribution in [1.82, 2.24) is 10.3 Å². The average molecular weight is 352 g/mol.